The van der Waals surface area contributed by atoms with Crippen LogP contribution in [0.3, 0.4) is 0 Å². The summed E-state index contributed by atoms with van der Waals surface area (Å²) in [5, 5.41) is 6.91. The largest absolute Gasteiger partial charge is 0.340 e. The van der Waals surface area contributed by atoms with Gasteiger partial charge in [-0.2, -0.15) is 4.98 Å². The number of hydrogen-bond donors (Lipinski definition) is 2. The lowest BCUT2D eigenvalue weighted by Gasteiger charge is -2.29. The second-order valence-electron chi connectivity index (χ2n) is 6.56. The van der Waals surface area contributed by atoms with Crippen molar-refractivity contribution < 1.29 is 0 Å². The number of nitrogens with one attached hydrogen (secondary N) is 2. The first kappa shape index (κ1) is 16.0. The van der Waals surface area contributed by atoms with Gasteiger partial charge in [0.25, 0.3) is 0 Å². The third kappa shape index (κ3) is 3.49. The van der Waals surface area contributed by atoms with Gasteiger partial charge in [0.1, 0.15) is 5.82 Å². The molecule has 0 saturated carbocycles. The molecule has 3 heterocycles. The molecule has 0 aliphatic carbocycles. The fraction of sp³-hybridized carbons (Fsp3) is 0.421. The molecule has 25 heavy (non-hydrogen) atoms. The van der Waals surface area contributed by atoms with E-state index in [0.29, 0.717) is 6.04 Å². The molecule has 1 fully saturated rings. The van der Waals surface area contributed by atoms with Gasteiger partial charge in [0.15, 0.2) is 0 Å². The van der Waals surface area contributed by atoms with Gasteiger partial charge in [-0.3, -0.25) is 4.99 Å². The van der Waals surface area contributed by atoms with Crippen LogP contribution in [0, 0.1) is 0 Å². The molecule has 1 saturated heterocycles. The molecule has 0 radical (unpaired) electrons. The molecule has 2 aliphatic heterocycles. The van der Waals surface area contributed by atoms with Crippen LogP contribution in [0.25, 0.3) is 0 Å². The van der Waals surface area contributed by atoms with Gasteiger partial charge in [-0.15, -0.1) is 0 Å². The molecule has 1 unspecified atom stereocenters. The summed E-state index contributed by atoms with van der Waals surface area (Å²) in [7, 11) is 0. The Balaban J connectivity index is 1.55. The molecule has 4 rings (SSSR count). The summed E-state index contributed by atoms with van der Waals surface area (Å²) in [6.07, 6.45) is 5.96. The average Bonchev–Trinajstić information content (AvgIpc) is 2.97. The Morgan fingerprint density at radius 1 is 1.32 bits per heavy atom. The summed E-state index contributed by atoms with van der Waals surface area (Å²) in [5.74, 6) is 1.63. The molecule has 0 bridgehead atoms. The number of aliphatic imine (C=N–C) groups is 1. The van der Waals surface area contributed by atoms with Crippen LogP contribution < -0.4 is 15.5 Å². The molecule has 0 amide bonds. The Morgan fingerprint density at radius 2 is 2.28 bits per heavy atom. The minimum absolute atomic E-state index is 0.439. The van der Waals surface area contributed by atoms with Crippen LogP contribution in [0.15, 0.2) is 35.5 Å². The maximum Gasteiger partial charge on any atom is 0.227 e. The third-order valence-corrected chi connectivity index (χ3v) is 4.85. The van der Waals surface area contributed by atoms with E-state index >= 15 is 0 Å². The van der Waals surface area contributed by atoms with E-state index in [4.69, 9.17) is 4.98 Å². The van der Waals surface area contributed by atoms with Gasteiger partial charge in [-0.25, -0.2) is 4.98 Å². The number of rotatable bonds is 4. The number of benzene rings is 1. The molecule has 2 aliphatic rings. The van der Waals surface area contributed by atoms with Gasteiger partial charge >= 0.3 is 0 Å². The van der Waals surface area contributed by atoms with Gasteiger partial charge in [-0.05, 0) is 48.7 Å². The average molecular weight is 336 g/mol. The summed E-state index contributed by atoms with van der Waals surface area (Å²) in [6.45, 7) is 6.04. The van der Waals surface area contributed by atoms with E-state index in [1.165, 1.54) is 11.1 Å². The monoisotopic (exact) mass is 336 g/mol. The van der Waals surface area contributed by atoms with E-state index in [9.17, 15) is 0 Å². The Labute approximate surface area is 148 Å². The maximum atomic E-state index is 4.77. The molecule has 1 aromatic carbocycles. The number of aromatic nitrogens is 2. The Kier molecular flexibility index (Phi) is 4.61. The van der Waals surface area contributed by atoms with Crippen molar-refractivity contribution >= 4 is 23.7 Å². The summed E-state index contributed by atoms with van der Waals surface area (Å²) < 4.78 is 0. The highest BCUT2D eigenvalue weighted by Gasteiger charge is 2.21. The first-order valence-electron chi connectivity index (χ1n) is 9.03. The van der Waals surface area contributed by atoms with Crippen molar-refractivity contribution in [3.05, 3.63) is 41.6 Å². The predicted octanol–water partition coefficient (Wildman–Crippen LogP) is 2.73. The van der Waals surface area contributed by atoms with Crippen LogP contribution in [0.1, 0.15) is 30.9 Å². The van der Waals surface area contributed by atoms with Gasteiger partial charge in [0, 0.05) is 37.2 Å². The highest BCUT2D eigenvalue weighted by atomic mass is 15.3. The van der Waals surface area contributed by atoms with Gasteiger partial charge < -0.3 is 15.5 Å². The quantitative estimate of drug-likeness (QED) is 0.899. The van der Waals surface area contributed by atoms with E-state index in [1.54, 1.807) is 0 Å². The zero-order valence-corrected chi connectivity index (χ0v) is 14.6. The summed E-state index contributed by atoms with van der Waals surface area (Å²) in [5.41, 5.74) is 3.49. The minimum Gasteiger partial charge on any atom is -0.340 e. The third-order valence-electron chi connectivity index (χ3n) is 4.85. The van der Waals surface area contributed by atoms with Crippen LogP contribution in [-0.4, -0.2) is 41.9 Å². The number of anilines is 3. The number of fused-ring (bicyclic) bond motifs is 1. The Bertz CT molecular complexity index is 772. The van der Waals surface area contributed by atoms with Crippen molar-refractivity contribution in [3.8, 4) is 0 Å². The van der Waals surface area contributed by atoms with Crippen molar-refractivity contribution in [2.75, 3.05) is 29.9 Å². The van der Waals surface area contributed by atoms with E-state index in [2.05, 4.69) is 50.6 Å². The number of nitrogens with zero attached hydrogens (tertiary/aromatic N) is 4. The molecule has 1 atom stereocenters. The van der Waals surface area contributed by atoms with Crippen LogP contribution in [-0.2, 0) is 6.54 Å². The van der Waals surface area contributed by atoms with E-state index in [1.807, 2.05) is 18.5 Å². The highest BCUT2D eigenvalue weighted by Crippen LogP contribution is 2.23. The molecule has 6 heteroatoms. The molecule has 2 aromatic rings. The van der Waals surface area contributed by atoms with Crippen molar-refractivity contribution in [2.45, 2.75) is 32.4 Å². The topological polar surface area (TPSA) is 65.4 Å². The molecule has 2 N–H and O–H groups in total. The summed E-state index contributed by atoms with van der Waals surface area (Å²) >= 11 is 0. The fourth-order valence-electron chi connectivity index (χ4n) is 3.45. The molecule has 6 nitrogen and oxygen atoms in total. The lowest BCUT2D eigenvalue weighted by Crippen LogP contribution is -2.40. The van der Waals surface area contributed by atoms with Crippen molar-refractivity contribution in [2.24, 2.45) is 4.99 Å². The van der Waals surface area contributed by atoms with Gasteiger partial charge in [0.05, 0.1) is 6.54 Å². The Hall–Kier alpha value is -2.47. The van der Waals surface area contributed by atoms with Crippen LogP contribution in [0.2, 0.25) is 0 Å². The fourth-order valence-corrected chi connectivity index (χ4v) is 3.45. The second-order valence-corrected chi connectivity index (χ2v) is 6.56. The zero-order chi connectivity index (χ0) is 17.1. The minimum atomic E-state index is 0.439. The summed E-state index contributed by atoms with van der Waals surface area (Å²) in [6, 6.07) is 8.69. The zero-order valence-electron chi connectivity index (χ0n) is 14.6. The smallest absolute Gasteiger partial charge is 0.227 e. The van der Waals surface area contributed by atoms with Gasteiger partial charge in [0.2, 0.25) is 5.95 Å². The van der Waals surface area contributed by atoms with Crippen LogP contribution in [0.4, 0.5) is 17.5 Å². The lowest BCUT2D eigenvalue weighted by molar-refractivity contribution is 0.563. The van der Waals surface area contributed by atoms with Crippen LogP contribution in [0.5, 0.6) is 0 Å². The van der Waals surface area contributed by atoms with E-state index < -0.39 is 0 Å². The Morgan fingerprint density at radius 3 is 3.20 bits per heavy atom. The number of hydrogen-bond acceptors (Lipinski definition) is 6. The first-order valence-corrected chi connectivity index (χ1v) is 9.03. The second kappa shape index (κ2) is 7.19. The molecule has 130 valence electrons. The first-order chi connectivity index (χ1) is 12.3. The predicted molar refractivity (Wildman–Crippen MR) is 102 cm³/mol. The standard InChI is InChI=1S/C19H24N6/c1-2-17-13-20-7-3-9-25(17)19-22-8-6-18(24-19)23-16-5-4-14-11-21-12-15(14)10-16/h4-6,8,10,12,17,20H,2-3,7,9,11,13H2,1H3,(H,22,23,24). The SMILES string of the molecule is CCC1CNCCCN1c1nccc(Nc2ccc3c(c2)C=NC3)n1. The molecule has 0 spiro atoms. The highest BCUT2D eigenvalue weighted by molar-refractivity contribution is 5.86. The molecular weight excluding hydrogens is 312 g/mol. The normalized spacial score (nSPS) is 19.6. The van der Waals surface area contributed by atoms with Crippen molar-refractivity contribution in [1.82, 2.24) is 15.3 Å². The van der Waals surface area contributed by atoms with Crippen molar-refractivity contribution in [1.29, 1.82) is 0 Å². The molecular formula is C19H24N6. The van der Waals surface area contributed by atoms with Crippen LogP contribution >= 0.6 is 0 Å². The van der Waals surface area contributed by atoms with Crippen molar-refractivity contribution in [3.63, 3.8) is 0 Å². The van der Waals surface area contributed by atoms with Gasteiger partial charge in [-0.1, -0.05) is 13.0 Å². The van der Waals surface area contributed by atoms with E-state index in [0.717, 1.165) is 56.5 Å². The molecule has 1 aromatic heterocycles. The lowest BCUT2D eigenvalue weighted by atomic mass is 10.1. The van der Waals surface area contributed by atoms with E-state index in [-0.39, 0.29) is 0 Å². The summed E-state index contributed by atoms with van der Waals surface area (Å²) in [4.78, 5) is 15.9. The maximum absolute atomic E-state index is 4.77.